The summed E-state index contributed by atoms with van der Waals surface area (Å²) in [5.41, 5.74) is 9.00. The second-order valence-corrected chi connectivity index (χ2v) is 4.77. The van der Waals surface area contributed by atoms with Gasteiger partial charge in [0.05, 0.1) is 0 Å². The molecule has 0 unspecified atom stereocenters. The summed E-state index contributed by atoms with van der Waals surface area (Å²) < 4.78 is 0. The second kappa shape index (κ2) is 5.29. The molecule has 4 heteroatoms. The number of amides is 1. The number of carbonyl (C=O) groups is 1. The molecule has 1 aliphatic rings. The smallest absolute Gasteiger partial charge is 0.222 e. The van der Waals surface area contributed by atoms with Gasteiger partial charge in [0.15, 0.2) is 0 Å². The van der Waals surface area contributed by atoms with Gasteiger partial charge in [-0.3, -0.25) is 4.79 Å². The van der Waals surface area contributed by atoms with Gasteiger partial charge in [0.2, 0.25) is 5.91 Å². The lowest BCUT2D eigenvalue weighted by Crippen LogP contribution is -2.48. The number of nitrogens with zero attached hydrogens (tertiary/aromatic N) is 2. The summed E-state index contributed by atoms with van der Waals surface area (Å²) in [5, 5.41) is 0. The summed E-state index contributed by atoms with van der Waals surface area (Å²) in [6, 6.07) is 6.01. The van der Waals surface area contributed by atoms with Crippen LogP contribution >= 0.6 is 0 Å². The average Bonchev–Trinajstić information content (AvgIpc) is 2.38. The Labute approximate surface area is 108 Å². The standard InChI is InChI=1S/C14H21N3O/c1-3-14(18)17-8-6-16(7-9-17)13-5-4-12(15)10-11(13)2/h4-5,10H,3,6-9,15H2,1-2H3. The van der Waals surface area contributed by atoms with Crippen LogP contribution in [0.1, 0.15) is 18.9 Å². The van der Waals surface area contributed by atoms with E-state index in [2.05, 4.69) is 17.9 Å². The van der Waals surface area contributed by atoms with E-state index in [1.54, 1.807) is 0 Å². The number of benzene rings is 1. The van der Waals surface area contributed by atoms with Crippen LogP contribution in [0.3, 0.4) is 0 Å². The predicted molar refractivity (Wildman–Crippen MR) is 74.7 cm³/mol. The average molecular weight is 247 g/mol. The number of anilines is 2. The van der Waals surface area contributed by atoms with E-state index < -0.39 is 0 Å². The first-order valence-electron chi connectivity index (χ1n) is 6.50. The van der Waals surface area contributed by atoms with Gasteiger partial charge < -0.3 is 15.5 Å². The zero-order chi connectivity index (χ0) is 13.1. The van der Waals surface area contributed by atoms with Gasteiger partial charge in [-0.1, -0.05) is 6.92 Å². The number of piperazine rings is 1. The zero-order valence-corrected chi connectivity index (χ0v) is 11.1. The molecule has 18 heavy (non-hydrogen) atoms. The van der Waals surface area contributed by atoms with Crippen LogP contribution in [0.25, 0.3) is 0 Å². The lowest BCUT2D eigenvalue weighted by molar-refractivity contribution is -0.131. The molecule has 0 aliphatic carbocycles. The Hall–Kier alpha value is -1.71. The highest BCUT2D eigenvalue weighted by Gasteiger charge is 2.20. The maximum absolute atomic E-state index is 11.6. The Morgan fingerprint density at radius 1 is 1.28 bits per heavy atom. The molecule has 0 radical (unpaired) electrons. The van der Waals surface area contributed by atoms with Crippen molar-refractivity contribution in [3.63, 3.8) is 0 Å². The van der Waals surface area contributed by atoms with E-state index >= 15 is 0 Å². The van der Waals surface area contributed by atoms with Crippen LogP contribution in [0.2, 0.25) is 0 Å². The fourth-order valence-corrected chi connectivity index (χ4v) is 2.45. The third-order valence-corrected chi connectivity index (χ3v) is 3.50. The van der Waals surface area contributed by atoms with Gasteiger partial charge in [0.25, 0.3) is 0 Å². The molecule has 0 bridgehead atoms. The minimum atomic E-state index is 0.253. The van der Waals surface area contributed by atoms with Gasteiger partial charge in [-0.25, -0.2) is 0 Å². The topological polar surface area (TPSA) is 49.6 Å². The van der Waals surface area contributed by atoms with Gasteiger partial charge in [0.1, 0.15) is 0 Å². The molecule has 2 N–H and O–H groups in total. The van der Waals surface area contributed by atoms with Crippen molar-refractivity contribution >= 4 is 17.3 Å². The molecule has 1 amide bonds. The number of hydrogen-bond acceptors (Lipinski definition) is 3. The summed E-state index contributed by atoms with van der Waals surface area (Å²) in [5.74, 6) is 0.253. The van der Waals surface area contributed by atoms with Gasteiger partial charge >= 0.3 is 0 Å². The fraction of sp³-hybridized carbons (Fsp3) is 0.500. The van der Waals surface area contributed by atoms with Gasteiger partial charge in [0, 0.05) is 44.0 Å². The predicted octanol–water partition coefficient (Wildman–Crippen LogP) is 1.64. The van der Waals surface area contributed by atoms with E-state index in [-0.39, 0.29) is 5.91 Å². The van der Waals surface area contributed by atoms with Gasteiger partial charge in [-0.2, -0.15) is 0 Å². The van der Waals surface area contributed by atoms with E-state index in [4.69, 9.17) is 5.73 Å². The largest absolute Gasteiger partial charge is 0.399 e. The number of hydrogen-bond donors (Lipinski definition) is 1. The molecule has 1 aliphatic heterocycles. The molecule has 0 aromatic heterocycles. The highest BCUT2D eigenvalue weighted by atomic mass is 16.2. The highest BCUT2D eigenvalue weighted by Crippen LogP contribution is 2.23. The van der Waals surface area contributed by atoms with Crippen LogP contribution in [-0.2, 0) is 4.79 Å². The summed E-state index contributed by atoms with van der Waals surface area (Å²) >= 11 is 0. The first kappa shape index (κ1) is 12.7. The summed E-state index contributed by atoms with van der Waals surface area (Å²) in [6.45, 7) is 7.42. The first-order valence-corrected chi connectivity index (χ1v) is 6.50. The van der Waals surface area contributed by atoms with Crippen molar-refractivity contribution in [2.75, 3.05) is 36.8 Å². The number of nitrogens with two attached hydrogens (primary N) is 1. The van der Waals surface area contributed by atoms with E-state index in [1.165, 1.54) is 11.3 Å². The molecule has 0 spiro atoms. The Bertz CT molecular complexity index is 437. The number of carbonyl (C=O) groups excluding carboxylic acids is 1. The summed E-state index contributed by atoms with van der Waals surface area (Å²) in [6.07, 6.45) is 0.598. The van der Waals surface area contributed by atoms with E-state index in [9.17, 15) is 4.79 Å². The Morgan fingerprint density at radius 3 is 2.50 bits per heavy atom. The van der Waals surface area contributed by atoms with Crippen LogP contribution in [0.5, 0.6) is 0 Å². The Kier molecular flexibility index (Phi) is 3.75. The second-order valence-electron chi connectivity index (χ2n) is 4.77. The summed E-state index contributed by atoms with van der Waals surface area (Å²) in [4.78, 5) is 15.9. The van der Waals surface area contributed by atoms with E-state index in [0.29, 0.717) is 6.42 Å². The molecule has 4 nitrogen and oxygen atoms in total. The van der Waals surface area contributed by atoms with Crippen molar-refractivity contribution in [2.45, 2.75) is 20.3 Å². The Balaban J connectivity index is 2.03. The molecule has 0 saturated carbocycles. The van der Waals surface area contributed by atoms with Crippen LogP contribution in [0.4, 0.5) is 11.4 Å². The van der Waals surface area contributed by atoms with Crippen molar-refractivity contribution in [2.24, 2.45) is 0 Å². The van der Waals surface area contributed by atoms with Gasteiger partial charge in [-0.05, 0) is 30.7 Å². The molecule has 1 fully saturated rings. The Morgan fingerprint density at radius 2 is 1.94 bits per heavy atom. The van der Waals surface area contributed by atoms with E-state index in [0.717, 1.165) is 31.9 Å². The van der Waals surface area contributed by atoms with Crippen LogP contribution in [-0.4, -0.2) is 37.0 Å². The molecule has 1 saturated heterocycles. The number of rotatable bonds is 2. The maximum atomic E-state index is 11.6. The zero-order valence-electron chi connectivity index (χ0n) is 11.1. The molecule has 2 rings (SSSR count). The number of nitrogen functional groups attached to an aromatic ring is 1. The lowest BCUT2D eigenvalue weighted by atomic mass is 10.1. The molecule has 1 aromatic rings. The van der Waals surface area contributed by atoms with Crippen LogP contribution in [0, 0.1) is 6.92 Å². The molecule has 1 aromatic carbocycles. The van der Waals surface area contributed by atoms with Crippen molar-refractivity contribution < 1.29 is 4.79 Å². The normalized spacial score (nSPS) is 15.9. The quantitative estimate of drug-likeness (QED) is 0.808. The molecular formula is C14H21N3O. The lowest BCUT2D eigenvalue weighted by Gasteiger charge is -2.36. The minimum absolute atomic E-state index is 0.253. The van der Waals surface area contributed by atoms with Gasteiger partial charge in [-0.15, -0.1) is 0 Å². The number of aryl methyl sites for hydroxylation is 1. The first-order chi connectivity index (χ1) is 8.61. The minimum Gasteiger partial charge on any atom is -0.399 e. The highest BCUT2D eigenvalue weighted by molar-refractivity contribution is 5.76. The van der Waals surface area contributed by atoms with Crippen LogP contribution in [0.15, 0.2) is 18.2 Å². The summed E-state index contributed by atoms with van der Waals surface area (Å²) in [7, 11) is 0. The maximum Gasteiger partial charge on any atom is 0.222 e. The molecule has 0 atom stereocenters. The third kappa shape index (κ3) is 2.58. The molecule has 98 valence electrons. The van der Waals surface area contributed by atoms with Crippen molar-refractivity contribution in [1.29, 1.82) is 0 Å². The van der Waals surface area contributed by atoms with E-state index in [1.807, 2.05) is 24.0 Å². The van der Waals surface area contributed by atoms with Crippen LogP contribution < -0.4 is 10.6 Å². The van der Waals surface area contributed by atoms with Crippen molar-refractivity contribution in [3.05, 3.63) is 23.8 Å². The fourth-order valence-electron chi connectivity index (χ4n) is 2.45. The monoisotopic (exact) mass is 247 g/mol. The third-order valence-electron chi connectivity index (χ3n) is 3.50. The van der Waals surface area contributed by atoms with Crippen molar-refractivity contribution in [3.8, 4) is 0 Å². The molecular weight excluding hydrogens is 226 g/mol. The SMILES string of the molecule is CCC(=O)N1CCN(c2ccc(N)cc2C)CC1. The molecule has 1 heterocycles. The van der Waals surface area contributed by atoms with Crippen molar-refractivity contribution in [1.82, 2.24) is 4.90 Å².